The van der Waals surface area contributed by atoms with Crippen LogP contribution in [0.1, 0.15) is 12.5 Å². The molecular weight excluding hydrogens is 412 g/mol. The van der Waals surface area contributed by atoms with Crippen molar-refractivity contribution in [2.75, 3.05) is 19.8 Å². The standard InChI is InChI=1S/C21H19ClN2O6/c1-2-28-18-12-13(11-14-19(25)23-21(27)24-20(14)26)7-8-17(18)30-10-9-29-16-6-4-3-5-15(16)22/h3-8,11-12H,2,9-10H2,1H3,(H2,23,24,25,26,27). The number of halogens is 1. The summed E-state index contributed by atoms with van der Waals surface area (Å²) in [7, 11) is 0. The molecule has 0 saturated carbocycles. The van der Waals surface area contributed by atoms with Crippen molar-refractivity contribution in [1.29, 1.82) is 0 Å². The van der Waals surface area contributed by atoms with Gasteiger partial charge in [0.05, 0.1) is 11.6 Å². The average Bonchev–Trinajstić information content (AvgIpc) is 2.70. The summed E-state index contributed by atoms with van der Waals surface area (Å²) in [5.41, 5.74) is 0.353. The van der Waals surface area contributed by atoms with Crippen LogP contribution in [0.4, 0.5) is 4.79 Å². The van der Waals surface area contributed by atoms with Gasteiger partial charge in [0, 0.05) is 0 Å². The van der Waals surface area contributed by atoms with E-state index in [0.717, 1.165) is 0 Å². The van der Waals surface area contributed by atoms with Crippen molar-refractivity contribution < 1.29 is 28.6 Å². The van der Waals surface area contributed by atoms with Crippen LogP contribution in [-0.4, -0.2) is 37.7 Å². The Bertz CT molecular complexity index is 983. The second kappa shape index (κ2) is 9.80. The van der Waals surface area contributed by atoms with E-state index in [9.17, 15) is 14.4 Å². The van der Waals surface area contributed by atoms with Crippen LogP contribution in [0.5, 0.6) is 17.2 Å². The SMILES string of the molecule is CCOc1cc(C=C2C(=O)NC(=O)NC2=O)ccc1OCCOc1ccccc1Cl. The zero-order valence-corrected chi connectivity index (χ0v) is 16.8. The van der Waals surface area contributed by atoms with Gasteiger partial charge in [-0.1, -0.05) is 29.8 Å². The summed E-state index contributed by atoms with van der Waals surface area (Å²) in [5.74, 6) is -0.0402. The number of rotatable bonds is 8. The van der Waals surface area contributed by atoms with Crippen LogP contribution in [-0.2, 0) is 9.59 Å². The summed E-state index contributed by atoms with van der Waals surface area (Å²) >= 11 is 6.05. The van der Waals surface area contributed by atoms with E-state index in [1.807, 2.05) is 29.7 Å². The first-order valence-electron chi connectivity index (χ1n) is 9.13. The first-order valence-corrected chi connectivity index (χ1v) is 9.51. The Morgan fingerprint density at radius 2 is 1.53 bits per heavy atom. The van der Waals surface area contributed by atoms with Crippen molar-refractivity contribution in [3.05, 3.63) is 58.6 Å². The molecule has 4 amide bonds. The number of carbonyl (C=O) groups excluding carboxylic acids is 3. The number of benzene rings is 2. The molecule has 2 aromatic rings. The highest BCUT2D eigenvalue weighted by Gasteiger charge is 2.27. The summed E-state index contributed by atoms with van der Waals surface area (Å²) in [6, 6.07) is 11.3. The van der Waals surface area contributed by atoms with Crippen LogP contribution < -0.4 is 24.8 Å². The van der Waals surface area contributed by atoms with Gasteiger partial charge < -0.3 is 14.2 Å². The third-order valence-corrected chi connectivity index (χ3v) is 4.27. The normalized spacial score (nSPS) is 13.4. The molecule has 1 saturated heterocycles. The third kappa shape index (κ3) is 5.30. The summed E-state index contributed by atoms with van der Waals surface area (Å²) < 4.78 is 16.9. The fourth-order valence-electron chi connectivity index (χ4n) is 2.64. The molecule has 2 aromatic carbocycles. The van der Waals surface area contributed by atoms with E-state index in [1.165, 1.54) is 6.08 Å². The van der Waals surface area contributed by atoms with Crippen molar-refractivity contribution in [1.82, 2.24) is 10.6 Å². The van der Waals surface area contributed by atoms with Crippen LogP contribution in [0.25, 0.3) is 6.08 Å². The van der Waals surface area contributed by atoms with Gasteiger partial charge in [-0.05, 0) is 42.8 Å². The van der Waals surface area contributed by atoms with Crippen molar-refractivity contribution in [2.45, 2.75) is 6.92 Å². The fourth-order valence-corrected chi connectivity index (χ4v) is 2.83. The number of barbiturate groups is 1. The molecule has 0 aromatic heterocycles. The van der Waals surface area contributed by atoms with E-state index in [2.05, 4.69) is 0 Å². The molecule has 0 bridgehead atoms. The highest BCUT2D eigenvalue weighted by molar-refractivity contribution is 6.32. The minimum atomic E-state index is -0.847. The number of amides is 4. The van der Waals surface area contributed by atoms with Gasteiger partial charge in [0.15, 0.2) is 11.5 Å². The van der Waals surface area contributed by atoms with Gasteiger partial charge in [-0.15, -0.1) is 0 Å². The number of hydrogen-bond acceptors (Lipinski definition) is 6. The molecule has 0 radical (unpaired) electrons. The molecular formula is C21H19ClN2O6. The van der Waals surface area contributed by atoms with E-state index >= 15 is 0 Å². The lowest BCUT2D eigenvalue weighted by atomic mass is 10.1. The number of urea groups is 1. The molecule has 1 aliphatic rings. The molecule has 30 heavy (non-hydrogen) atoms. The summed E-state index contributed by atoms with van der Waals surface area (Å²) in [4.78, 5) is 34.9. The molecule has 8 nitrogen and oxygen atoms in total. The molecule has 156 valence electrons. The Kier molecular flexibility index (Phi) is 6.92. The fraction of sp³-hybridized carbons (Fsp3) is 0.190. The smallest absolute Gasteiger partial charge is 0.328 e. The predicted octanol–water partition coefficient (Wildman–Crippen LogP) is 2.95. The second-order valence-corrected chi connectivity index (χ2v) is 6.47. The van der Waals surface area contributed by atoms with Crippen LogP contribution in [0.3, 0.4) is 0 Å². The topological polar surface area (TPSA) is 103 Å². The Balaban J connectivity index is 1.68. The summed E-state index contributed by atoms with van der Waals surface area (Å²) in [6.07, 6.45) is 1.36. The monoisotopic (exact) mass is 430 g/mol. The summed E-state index contributed by atoms with van der Waals surface area (Å²) in [5, 5.41) is 4.57. The maximum atomic E-state index is 11.9. The van der Waals surface area contributed by atoms with Gasteiger partial charge in [0.1, 0.15) is 24.5 Å². The van der Waals surface area contributed by atoms with Crippen molar-refractivity contribution in [3.63, 3.8) is 0 Å². The number of hydrogen-bond donors (Lipinski definition) is 2. The lowest BCUT2D eigenvalue weighted by molar-refractivity contribution is -0.123. The zero-order valence-electron chi connectivity index (χ0n) is 16.1. The first-order chi connectivity index (χ1) is 14.5. The second-order valence-electron chi connectivity index (χ2n) is 6.06. The Morgan fingerprint density at radius 3 is 2.20 bits per heavy atom. The largest absolute Gasteiger partial charge is 0.490 e. The molecule has 2 N–H and O–H groups in total. The molecule has 0 atom stereocenters. The van der Waals surface area contributed by atoms with Gasteiger partial charge in [-0.25, -0.2) is 4.79 Å². The Morgan fingerprint density at radius 1 is 0.867 bits per heavy atom. The minimum Gasteiger partial charge on any atom is -0.490 e. The molecule has 1 aliphatic heterocycles. The maximum Gasteiger partial charge on any atom is 0.328 e. The molecule has 1 fully saturated rings. The van der Waals surface area contributed by atoms with E-state index in [4.69, 9.17) is 25.8 Å². The molecule has 1 heterocycles. The van der Waals surface area contributed by atoms with E-state index in [1.54, 1.807) is 30.3 Å². The summed E-state index contributed by atoms with van der Waals surface area (Å²) in [6.45, 7) is 2.74. The number of para-hydroxylation sites is 1. The van der Waals surface area contributed by atoms with Crippen molar-refractivity contribution >= 4 is 35.5 Å². The van der Waals surface area contributed by atoms with E-state index in [-0.39, 0.29) is 18.8 Å². The predicted molar refractivity (Wildman–Crippen MR) is 110 cm³/mol. The van der Waals surface area contributed by atoms with Crippen molar-refractivity contribution in [2.24, 2.45) is 0 Å². The van der Waals surface area contributed by atoms with Crippen LogP contribution in [0.2, 0.25) is 5.02 Å². The Hall–Kier alpha value is -3.52. The highest BCUT2D eigenvalue weighted by atomic mass is 35.5. The zero-order chi connectivity index (χ0) is 21.5. The number of nitrogens with one attached hydrogen (secondary N) is 2. The van der Waals surface area contributed by atoms with Gasteiger partial charge in [0.2, 0.25) is 0 Å². The molecule has 0 unspecified atom stereocenters. The van der Waals surface area contributed by atoms with Crippen molar-refractivity contribution in [3.8, 4) is 17.2 Å². The van der Waals surface area contributed by atoms with Gasteiger partial charge in [-0.2, -0.15) is 0 Å². The number of ether oxygens (including phenoxy) is 3. The van der Waals surface area contributed by atoms with Crippen LogP contribution in [0.15, 0.2) is 48.0 Å². The Labute approximate surface area is 177 Å². The quantitative estimate of drug-likeness (QED) is 0.379. The molecule has 0 spiro atoms. The third-order valence-electron chi connectivity index (χ3n) is 3.96. The highest BCUT2D eigenvalue weighted by Crippen LogP contribution is 2.30. The number of imide groups is 2. The molecule has 3 rings (SSSR count). The lowest BCUT2D eigenvalue weighted by Crippen LogP contribution is -2.51. The minimum absolute atomic E-state index is 0.182. The van der Waals surface area contributed by atoms with Crippen LogP contribution >= 0.6 is 11.6 Å². The maximum absolute atomic E-state index is 11.9. The average molecular weight is 431 g/mol. The van der Waals surface area contributed by atoms with Crippen LogP contribution in [0, 0.1) is 0 Å². The van der Waals surface area contributed by atoms with E-state index < -0.39 is 17.8 Å². The first kappa shape index (κ1) is 21.2. The van der Waals surface area contributed by atoms with Gasteiger partial charge in [-0.3, -0.25) is 20.2 Å². The van der Waals surface area contributed by atoms with Gasteiger partial charge >= 0.3 is 6.03 Å². The van der Waals surface area contributed by atoms with Gasteiger partial charge in [0.25, 0.3) is 11.8 Å². The molecule has 0 aliphatic carbocycles. The molecule has 9 heteroatoms. The van der Waals surface area contributed by atoms with E-state index in [0.29, 0.717) is 34.4 Å². The number of carbonyl (C=O) groups is 3. The lowest BCUT2D eigenvalue weighted by Gasteiger charge is -2.15.